The Kier molecular flexibility index (Phi) is 4.95. The zero-order valence-corrected chi connectivity index (χ0v) is 17.7. The molecule has 0 aliphatic rings. The Labute approximate surface area is 189 Å². The van der Waals surface area contributed by atoms with E-state index in [1.54, 1.807) is 24.3 Å². The smallest absolute Gasteiger partial charge is 0.261 e. The van der Waals surface area contributed by atoms with E-state index in [4.69, 9.17) is 5.73 Å². The lowest BCUT2D eigenvalue weighted by atomic mass is 10.2. The predicted molar refractivity (Wildman–Crippen MR) is 130 cm³/mol. The van der Waals surface area contributed by atoms with Crippen LogP contribution >= 0.6 is 0 Å². The Balaban J connectivity index is 1.66. The van der Waals surface area contributed by atoms with Gasteiger partial charge in [0.15, 0.2) is 5.65 Å². The maximum Gasteiger partial charge on any atom is 0.261 e. The lowest BCUT2D eigenvalue weighted by Gasteiger charge is -2.06. The van der Waals surface area contributed by atoms with Crippen molar-refractivity contribution in [1.29, 1.82) is 0 Å². The van der Waals surface area contributed by atoms with Gasteiger partial charge >= 0.3 is 0 Å². The zero-order chi connectivity index (χ0) is 22.9. The van der Waals surface area contributed by atoms with Crippen LogP contribution in [0.5, 0.6) is 5.75 Å². The highest BCUT2D eigenvalue weighted by Gasteiger charge is 2.24. The summed E-state index contributed by atoms with van der Waals surface area (Å²) in [5.74, 6) is -0.174. The first kappa shape index (κ1) is 20.2. The Bertz CT molecular complexity index is 1540. The molecule has 0 radical (unpaired) electrons. The number of amides is 1. The van der Waals surface area contributed by atoms with Gasteiger partial charge in [0.1, 0.15) is 22.6 Å². The van der Waals surface area contributed by atoms with Crippen molar-refractivity contribution in [3.05, 3.63) is 89.5 Å². The minimum absolute atomic E-state index is 0.112. The number of aryl methyl sites for hydroxylation is 1. The van der Waals surface area contributed by atoms with E-state index in [0.29, 0.717) is 33.4 Å². The Hall–Kier alpha value is -4.72. The number of fused-ring (bicyclic) bond motifs is 2. The lowest BCUT2D eigenvalue weighted by Crippen LogP contribution is -2.14. The van der Waals surface area contributed by atoms with Crippen molar-refractivity contribution in [2.24, 2.45) is 5.10 Å². The number of anilines is 2. The van der Waals surface area contributed by atoms with Crippen molar-refractivity contribution in [3.8, 4) is 5.75 Å². The minimum Gasteiger partial charge on any atom is -0.508 e. The second-order valence-electron chi connectivity index (χ2n) is 7.62. The highest BCUT2D eigenvalue weighted by atomic mass is 16.3. The number of carbonyl (C=O) groups is 1. The zero-order valence-electron chi connectivity index (χ0n) is 17.7. The second kappa shape index (κ2) is 8.08. The van der Waals surface area contributed by atoms with Gasteiger partial charge in [-0.3, -0.25) is 4.79 Å². The average Bonchev–Trinajstić information content (AvgIpc) is 3.08. The van der Waals surface area contributed by atoms with E-state index in [-0.39, 0.29) is 17.1 Å². The Morgan fingerprint density at radius 1 is 1.03 bits per heavy atom. The predicted octanol–water partition coefficient (Wildman–Crippen LogP) is 4.32. The molecule has 0 spiro atoms. The molecule has 0 saturated carbocycles. The fourth-order valence-electron chi connectivity index (χ4n) is 3.55. The van der Waals surface area contributed by atoms with Crippen LogP contribution in [0.4, 0.5) is 11.5 Å². The van der Waals surface area contributed by atoms with Gasteiger partial charge in [-0.1, -0.05) is 42.0 Å². The number of benzene rings is 3. The molecule has 33 heavy (non-hydrogen) atoms. The summed E-state index contributed by atoms with van der Waals surface area (Å²) in [5.41, 5.74) is 11.0. The average molecular weight is 436 g/mol. The van der Waals surface area contributed by atoms with Gasteiger partial charge in [-0.25, -0.2) is 9.97 Å². The molecule has 0 saturated heterocycles. The molecule has 3 aromatic carbocycles. The third-order valence-electron chi connectivity index (χ3n) is 5.20. The van der Waals surface area contributed by atoms with Crippen molar-refractivity contribution in [3.63, 3.8) is 0 Å². The Morgan fingerprint density at radius 3 is 2.48 bits per heavy atom. The van der Waals surface area contributed by atoms with Gasteiger partial charge in [0, 0.05) is 5.69 Å². The molecular formula is C25H20N6O2. The van der Waals surface area contributed by atoms with E-state index in [1.807, 2.05) is 55.5 Å². The number of nitrogens with one attached hydrogen (secondary N) is 1. The van der Waals surface area contributed by atoms with Crippen LogP contribution in [0, 0.1) is 6.92 Å². The molecule has 4 N–H and O–H groups in total. The summed E-state index contributed by atoms with van der Waals surface area (Å²) >= 11 is 0. The number of hydrogen-bond acceptors (Lipinski definition) is 6. The molecule has 0 unspecified atom stereocenters. The molecule has 0 bridgehead atoms. The highest BCUT2D eigenvalue weighted by Crippen LogP contribution is 2.28. The van der Waals surface area contributed by atoms with E-state index in [9.17, 15) is 9.90 Å². The maximum atomic E-state index is 13.2. The highest BCUT2D eigenvalue weighted by molar-refractivity contribution is 6.16. The fourth-order valence-corrected chi connectivity index (χ4v) is 3.55. The third-order valence-corrected chi connectivity index (χ3v) is 5.20. The van der Waals surface area contributed by atoms with Crippen molar-refractivity contribution in [2.45, 2.75) is 6.92 Å². The SMILES string of the molecule is Cc1ccc(NC(=O)c2c(N)n(N=Cc3cccc(O)c3)c3nc4ccccc4nc23)cc1. The number of aromatic nitrogens is 3. The molecule has 1 amide bonds. The van der Waals surface area contributed by atoms with Crippen LogP contribution in [0.2, 0.25) is 0 Å². The minimum atomic E-state index is -0.405. The summed E-state index contributed by atoms with van der Waals surface area (Å²) in [6.07, 6.45) is 1.54. The van der Waals surface area contributed by atoms with Crippen LogP contribution in [0.3, 0.4) is 0 Å². The number of para-hydroxylation sites is 2. The molecule has 5 rings (SSSR count). The number of nitrogens with zero attached hydrogens (tertiary/aromatic N) is 4. The molecule has 0 aliphatic carbocycles. The molecule has 0 aliphatic heterocycles. The normalized spacial score (nSPS) is 11.4. The largest absolute Gasteiger partial charge is 0.508 e. The van der Waals surface area contributed by atoms with E-state index in [1.165, 1.54) is 10.9 Å². The van der Waals surface area contributed by atoms with E-state index in [2.05, 4.69) is 20.4 Å². The number of aromatic hydroxyl groups is 1. The first-order valence-corrected chi connectivity index (χ1v) is 10.3. The molecule has 2 heterocycles. The van der Waals surface area contributed by atoms with Crippen molar-refractivity contribution in [1.82, 2.24) is 14.6 Å². The van der Waals surface area contributed by atoms with Crippen molar-refractivity contribution in [2.75, 3.05) is 11.1 Å². The Morgan fingerprint density at radius 2 is 1.76 bits per heavy atom. The number of nitrogens with two attached hydrogens (primary N) is 1. The first-order valence-electron chi connectivity index (χ1n) is 10.3. The fraction of sp³-hybridized carbons (Fsp3) is 0.0400. The second-order valence-corrected chi connectivity index (χ2v) is 7.62. The number of phenols is 1. The molecular weight excluding hydrogens is 416 g/mol. The third kappa shape index (κ3) is 3.85. The van der Waals surface area contributed by atoms with Crippen LogP contribution in [0.25, 0.3) is 22.2 Å². The topological polar surface area (TPSA) is 118 Å². The van der Waals surface area contributed by atoms with Crippen LogP contribution < -0.4 is 11.1 Å². The van der Waals surface area contributed by atoms with Gasteiger partial charge < -0.3 is 16.2 Å². The monoisotopic (exact) mass is 436 g/mol. The molecule has 162 valence electrons. The van der Waals surface area contributed by atoms with Crippen LogP contribution in [0.15, 0.2) is 77.9 Å². The summed E-state index contributed by atoms with van der Waals surface area (Å²) in [7, 11) is 0. The summed E-state index contributed by atoms with van der Waals surface area (Å²) in [5, 5.41) is 17.0. The maximum absolute atomic E-state index is 13.2. The van der Waals surface area contributed by atoms with Crippen LogP contribution in [-0.2, 0) is 0 Å². The molecule has 8 nitrogen and oxygen atoms in total. The summed E-state index contributed by atoms with van der Waals surface area (Å²) in [6, 6.07) is 21.5. The van der Waals surface area contributed by atoms with Gasteiger partial charge in [0.05, 0.1) is 17.2 Å². The van der Waals surface area contributed by atoms with Crippen molar-refractivity contribution >= 4 is 45.8 Å². The van der Waals surface area contributed by atoms with E-state index in [0.717, 1.165) is 5.56 Å². The molecule has 8 heteroatoms. The van der Waals surface area contributed by atoms with Gasteiger partial charge in [0.25, 0.3) is 5.91 Å². The standard InChI is InChI=1S/C25H20N6O2/c1-15-9-11-17(12-10-15)28-25(33)21-22-24(30-20-8-3-2-7-19(20)29-22)31(23(21)26)27-14-16-5-4-6-18(32)13-16/h2-14,32H,26H2,1H3,(H,28,33). The van der Waals surface area contributed by atoms with Gasteiger partial charge in [-0.2, -0.15) is 9.78 Å². The van der Waals surface area contributed by atoms with Gasteiger partial charge in [-0.15, -0.1) is 0 Å². The van der Waals surface area contributed by atoms with Crippen LogP contribution in [0.1, 0.15) is 21.5 Å². The van der Waals surface area contributed by atoms with Crippen molar-refractivity contribution < 1.29 is 9.90 Å². The number of nitrogen functional groups attached to an aromatic ring is 1. The molecule has 2 aromatic heterocycles. The lowest BCUT2D eigenvalue weighted by molar-refractivity contribution is 0.102. The number of phenolic OH excluding ortho intramolecular Hbond substituents is 1. The van der Waals surface area contributed by atoms with Crippen LogP contribution in [-0.4, -0.2) is 31.9 Å². The van der Waals surface area contributed by atoms with Gasteiger partial charge in [0.2, 0.25) is 0 Å². The number of rotatable bonds is 4. The first-order chi connectivity index (χ1) is 16.0. The summed E-state index contributed by atoms with van der Waals surface area (Å²) in [6.45, 7) is 1.97. The molecule has 5 aromatic rings. The number of carbonyl (C=O) groups excluding carboxylic acids is 1. The summed E-state index contributed by atoms with van der Waals surface area (Å²) in [4.78, 5) is 22.6. The van der Waals surface area contributed by atoms with Gasteiger partial charge in [-0.05, 0) is 48.9 Å². The molecule has 0 fully saturated rings. The van der Waals surface area contributed by atoms with E-state index >= 15 is 0 Å². The molecule has 0 atom stereocenters. The number of hydrogen-bond donors (Lipinski definition) is 3. The summed E-state index contributed by atoms with van der Waals surface area (Å²) < 4.78 is 1.39. The quantitative estimate of drug-likeness (QED) is 0.363. The van der Waals surface area contributed by atoms with E-state index < -0.39 is 5.91 Å².